The Kier molecular flexibility index (Phi) is 1.19. The van der Waals surface area contributed by atoms with Crippen molar-refractivity contribution in [1.82, 2.24) is 9.97 Å². The molecular weight excluding hydrogens is 160 g/mol. The molecule has 62 valence electrons. The fourth-order valence-corrected chi connectivity index (χ4v) is 1.71. The van der Waals surface area contributed by atoms with E-state index in [0.29, 0.717) is 0 Å². The molecule has 0 amide bonds. The van der Waals surface area contributed by atoms with Crippen molar-refractivity contribution >= 4 is 21.7 Å². The Hall–Kier alpha value is -1.83. The van der Waals surface area contributed by atoms with E-state index in [2.05, 4.69) is 28.2 Å². The molecule has 0 saturated heterocycles. The molecule has 1 N–H and O–H groups in total. The lowest BCUT2D eigenvalue weighted by atomic mass is 10.1. The molecule has 3 aromatic rings. The third-order valence-corrected chi connectivity index (χ3v) is 2.35. The first-order chi connectivity index (χ1) is 6.45. The first-order valence-electron chi connectivity index (χ1n) is 4.25. The fourth-order valence-electron chi connectivity index (χ4n) is 1.71. The highest BCUT2D eigenvalue weighted by Gasteiger charge is 1.99. The van der Waals surface area contributed by atoms with Crippen LogP contribution in [-0.2, 0) is 0 Å². The molecule has 0 aliphatic heterocycles. The second-order valence-corrected chi connectivity index (χ2v) is 3.10. The van der Waals surface area contributed by atoms with Crippen molar-refractivity contribution in [1.29, 1.82) is 0 Å². The second-order valence-electron chi connectivity index (χ2n) is 3.10. The van der Waals surface area contributed by atoms with Gasteiger partial charge >= 0.3 is 0 Å². The van der Waals surface area contributed by atoms with Crippen molar-refractivity contribution in [3.8, 4) is 0 Å². The first kappa shape index (κ1) is 6.66. The molecule has 0 atom stereocenters. The van der Waals surface area contributed by atoms with Gasteiger partial charge in [0, 0.05) is 34.9 Å². The van der Waals surface area contributed by atoms with Crippen molar-refractivity contribution in [2.45, 2.75) is 0 Å². The van der Waals surface area contributed by atoms with Gasteiger partial charge in [-0.25, -0.2) is 0 Å². The van der Waals surface area contributed by atoms with E-state index in [1.807, 2.05) is 24.7 Å². The number of rotatable bonds is 0. The van der Waals surface area contributed by atoms with E-state index in [4.69, 9.17) is 0 Å². The molecule has 0 radical (unpaired) electrons. The third kappa shape index (κ3) is 0.855. The van der Waals surface area contributed by atoms with Crippen LogP contribution in [0.3, 0.4) is 0 Å². The van der Waals surface area contributed by atoms with Gasteiger partial charge in [-0.05, 0) is 23.6 Å². The lowest BCUT2D eigenvalue weighted by Gasteiger charge is -1.97. The van der Waals surface area contributed by atoms with Gasteiger partial charge in [-0.15, -0.1) is 0 Å². The molecule has 0 fully saturated rings. The Bertz CT molecular complexity index is 566. The number of hydrogen-bond donors (Lipinski definition) is 1. The van der Waals surface area contributed by atoms with Crippen LogP contribution in [0.5, 0.6) is 0 Å². The van der Waals surface area contributed by atoms with Gasteiger partial charge in [-0.2, -0.15) is 0 Å². The molecule has 0 bridgehead atoms. The van der Waals surface area contributed by atoms with Crippen molar-refractivity contribution in [3.05, 3.63) is 42.9 Å². The average Bonchev–Trinajstić information content (AvgIpc) is 2.65. The number of aromatic nitrogens is 2. The molecule has 1 aromatic carbocycles. The molecule has 2 heterocycles. The Morgan fingerprint density at radius 2 is 2.00 bits per heavy atom. The summed E-state index contributed by atoms with van der Waals surface area (Å²) < 4.78 is 0. The van der Waals surface area contributed by atoms with Crippen LogP contribution in [0.15, 0.2) is 42.9 Å². The van der Waals surface area contributed by atoms with Crippen LogP contribution >= 0.6 is 0 Å². The highest BCUT2D eigenvalue weighted by Crippen LogP contribution is 2.22. The molecule has 13 heavy (non-hydrogen) atoms. The minimum absolute atomic E-state index is 1.18. The van der Waals surface area contributed by atoms with Crippen molar-refractivity contribution < 1.29 is 0 Å². The second kappa shape index (κ2) is 2.33. The number of benzene rings is 1. The maximum atomic E-state index is 4.09. The van der Waals surface area contributed by atoms with Gasteiger partial charge in [0.05, 0.1) is 0 Å². The van der Waals surface area contributed by atoms with Crippen molar-refractivity contribution in [2.75, 3.05) is 0 Å². The Morgan fingerprint density at radius 1 is 1.00 bits per heavy atom. The van der Waals surface area contributed by atoms with Crippen LogP contribution < -0.4 is 0 Å². The van der Waals surface area contributed by atoms with Crippen LogP contribution in [0.4, 0.5) is 0 Å². The Morgan fingerprint density at radius 3 is 3.00 bits per heavy atom. The van der Waals surface area contributed by atoms with Crippen molar-refractivity contribution in [2.24, 2.45) is 0 Å². The van der Waals surface area contributed by atoms with Gasteiger partial charge in [-0.1, -0.05) is 6.07 Å². The summed E-state index contributed by atoms with van der Waals surface area (Å²) in [4.78, 5) is 7.29. The van der Waals surface area contributed by atoms with E-state index in [0.717, 1.165) is 0 Å². The lowest BCUT2D eigenvalue weighted by molar-refractivity contribution is 1.37. The van der Waals surface area contributed by atoms with Gasteiger partial charge in [0.1, 0.15) is 0 Å². The monoisotopic (exact) mass is 168 g/mol. The zero-order valence-electron chi connectivity index (χ0n) is 6.99. The van der Waals surface area contributed by atoms with E-state index in [1.165, 1.54) is 21.7 Å². The summed E-state index contributed by atoms with van der Waals surface area (Å²) in [6.07, 6.45) is 5.68. The molecule has 3 rings (SSSR count). The summed E-state index contributed by atoms with van der Waals surface area (Å²) >= 11 is 0. The number of nitrogens with zero attached hydrogens (tertiary/aromatic N) is 1. The number of aromatic amines is 1. The highest BCUT2D eigenvalue weighted by atomic mass is 14.7. The molecule has 0 aliphatic rings. The summed E-state index contributed by atoms with van der Waals surface area (Å²) in [5.74, 6) is 0. The predicted octanol–water partition coefficient (Wildman–Crippen LogP) is 2.72. The van der Waals surface area contributed by atoms with E-state index < -0.39 is 0 Å². The minimum Gasteiger partial charge on any atom is -0.361 e. The molecule has 0 saturated carbocycles. The number of hydrogen-bond acceptors (Lipinski definition) is 1. The summed E-state index contributed by atoms with van der Waals surface area (Å²) in [5, 5.41) is 3.71. The fraction of sp³-hybridized carbons (Fsp3) is 0. The van der Waals surface area contributed by atoms with Gasteiger partial charge < -0.3 is 4.98 Å². The lowest BCUT2D eigenvalue weighted by Crippen LogP contribution is -1.75. The molecule has 0 spiro atoms. The van der Waals surface area contributed by atoms with E-state index >= 15 is 0 Å². The molecule has 2 heteroatoms. The zero-order valence-corrected chi connectivity index (χ0v) is 6.99. The summed E-state index contributed by atoms with van der Waals surface area (Å²) in [5.41, 5.74) is 1.18. The quantitative estimate of drug-likeness (QED) is 0.549. The number of nitrogens with one attached hydrogen (secondary N) is 1. The third-order valence-electron chi connectivity index (χ3n) is 2.35. The van der Waals surface area contributed by atoms with Gasteiger partial charge in [0.15, 0.2) is 0 Å². The van der Waals surface area contributed by atoms with Crippen LogP contribution in [-0.4, -0.2) is 9.97 Å². The molecule has 2 nitrogen and oxygen atoms in total. The average molecular weight is 168 g/mol. The van der Waals surface area contributed by atoms with Gasteiger partial charge in [0.25, 0.3) is 0 Å². The summed E-state index contributed by atoms with van der Waals surface area (Å²) in [7, 11) is 0. The van der Waals surface area contributed by atoms with Gasteiger partial charge in [0.2, 0.25) is 0 Å². The van der Waals surface area contributed by atoms with Gasteiger partial charge in [-0.3, -0.25) is 4.98 Å². The maximum absolute atomic E-state index is 4.09. The van der Waals surface area contributed by atoms with Crippen LogP contribution in [0.1, 0.15) is 0 Å². The van der Waals surface area contributed by atoms with E-state index in [-0.39, 0.29) is 0 Å². The standard InChI is InChI=1S/C11H8N2/c1-2-11-10(4-6-13-11)9-3-5-12-7-8(1)9/h1-7,13H. The van der Waals surface area contributed by atoms with Crippen molar-refractivity contribution in [3.63, 3.8) is 0 Å². The Labute approximate surface area is 75.2 Å². The maximum Gasteiger partial charge on any atom is 0.0460 e. The van der Waals surface area contributed by atoms with Crippen LogP contribution in [0, 0.1) is 0 Å². The zero-order chi connectivity index (χ0) is 8.67. The molecular formula is C11H8N2. The first-order valence-corrected chi connectivity index (χ1v) is 4.25. The molecule has 0 unspecified atom stereocenters. The summed E-state index contributed by atoms with van der Waals surface area (Å²) in [6, 6.07) is 8.31. The van der Waals surface area contributed by atoms with E-state index in [9.17, 15) is 0 Å². The smallest absolute Gasteiger partial charge is 0.0460 e. The van der Waals surface area contributed by atoms with Crippen LogP contribution in [0.25, 0.3) is 21.7 Å². The number of pyridine rings is 1. The molecule has 0 aliphatic carbocycles. The highest BCUT2D eigenvalue weighted by molar-refractivity contribution is 6.05. The minimum atomic E-state index is 1.18. The summed E-state index contributed by atoms with van der Waals surface area (Å²) in [6.45, 7) is 0. The van der Waals surface area contributed by atoms with Crippen LogP contribution in [0.2, 0.25) is 0 Å². The Balaban J connectivity index is 2.65. The topological polar surface area (TPSA) is 28.7 Å². The largest absolute Gasteiger partial charge is 0.361 e. The molecule has 2 aromatic heterocycles. The SMILES string of the molecule is c1cc2c(ccc3[nH]ccc32)cn1. The van der Waals surface area contributed by atoms with E-state index in [1.54, 1.807) is 0 Å². The number of H-pyrrole nitrogens is 1. The normalized spacial score (nSPS) is 11.1. The number of fused-ring (bicyclic) bond motifs is 3. The predicted molar refractivity (Wildman–Crippen MR) is 53.6 cm³/mol.